The van der Waals surface area contributed by atoms with Crippen molar-refractivity contribution in [1.82, 2.24) is 15.1 Å². The van der Waals surface area contributed by atoms with Crippen molar-refractivity contribution in [3.8, 4) is 22.8 Å². The van der Waals surface area contributed by atoms with Crippen LogP contribution in [0.25, 0.3) is 22.8 Å². The third kappa shape index (κ3) is 2.30. The normalized spacial score (nSPS) is 10.7. The number of rotatable bonds is 2. The van der Waals surface area contributed by atoms with Gasteiger partial charge in [-0.25, -0.2) is 0 Å². The first-order chi connectivity index (χ1) is 9.65. The van der Waals surface area contributed by atoms with Crippen molar-refractivity contribution in [3.63, 3.8) is 0 Å². The number of anilines is 1. The Hall–Kier alpha value is -2.21. The number of aryl methyl sites for hydroxylation is 1. The van der Waals surface area contributed by atoms with E-state index in [-0.39, 0.29) is 0 Å². The van der Waals surface area contributed by atoms with Gasteiger partial charge < -0.3 is 10.3 Å². The Bertz CT molecular complexity index is 769. The zero-order valence-corrected chi connectivity index (χ0v) is 12.3. The fourth-order valence-corrected chi connectivity index (χ4v) is 2.24. The predicted octanol–water partition coefficient (Wildman–Crippen LogP) is 3.45. The van der Waals surface area contributed by atoms with Gasteiger partial charge in [-0.05, 0) is 36.8 Å². The number of benzene rings is 1. The van der Waals surface area contributed by atoms with E-state index < -0.39 is 0 Å². The fourth-order valence-electron chi connectivity index (χ4n) is 1.88. The van der Waals surface area contributed by atoms with Gasteiger partial charge >= 0.3 is 0 Å². The number of pyridine rings is 1. The van der Waals surface area contributed by atoms with Crippen molar-refractivity contribution in [2.45, 2.75) is 6.92 Å². The molecule has 0 spiro atoms. The molecule has 2 aromatic heterocycles. The molecule has 2 N–H and O–H groups in total. The molecule has 0 aliphatic carbocycles. The number of hydrogen-bond acceptors (Lipinski definition) is 5. The van der Waals surface area contributed by atoms with Gasteiger partial charge in [-0.15, -0.1) is 0 Å². The highest BCUT2D eigenvalue weighted by Crippen LogP contribution is 2.29. The van der Waals surface area contributed by atoms with E-state index in [1.54, 1.807) is 18.5 Å². The topological polar surface area (TPSA) is 77.8 Å². The maximum atomic E-state index is 5.94. The summed E-state index contributed by atoms with van der Waals surface area (Å²) in [5.41, 5.74) is 9.13. The van der Waals surface area contributed by atoms with Crippen molar-refractivity contribution in [3.05, 3.63) is 46.7 Å². The molecule has 0 fully saturated rings. The van der Waals surface area contributed by atoms with Crippen molar-refractivity contribution in [2.75, 3.05) is 5.73 Å². The van der Waals surface area contributed by atoms with E-state index in [0.717, 1.165) is 15.6 Å². The highest BCUT2D eigenvalue weighted by Gasteiger charge is 2.14. The average molecular weight is 331 g/mol. The number of aromatic nitrogens is 3. The predicted molar refractivity (Wildman–Crippen MR) is 79.8 cm³/mol. The van der Waals surface area contributed by atoms with Crippen molar-refractivity contribution >= 4 is 21.6 Å². The van der Waals surface area contributed by atoms with Crippen LogP contribution in [0, 0.1) is 6.92 Å². The van der Waals surface area contributed by atoms with Gasteiger partial charge in [0.05, 0.1) is 5.56 Å². The SMILES string of the molecule is Cc1cnccc1-c1noc(-c2cc(Br)ccc2N)n1. The van der Waals surface area contributed by atoms with E-state index in [2.05, 4.69) is 31.1 Å². The molecule has 0 saturated heterocycles. The summed E-state index contributed by atoms with van der Waals surface area (Å²) < 4.78 is 6.22. The lowest BCUT2D eigenvalue weighted by molar-refractivity contribution is 0.432. The molecule has 0 saturated carbocycles. The standard InChI is InChI=1S/C14H11BrN4O/c1-8-7-17-5-4-10(8)13-18-14(20-19-13)11-6-9(15)2-3-12(11)16/h2-7H,16H2,1H3. The maximum Gasteiger partial charge on any atom is 0.260 e. The number of nitrogens with two attached hydrogens (primary N) is 1. The Morgan fingerprint density at radius 1 is 1.20 bits per heavy atom. The lowest BCUT2D eigenvalue weighted by Crippen LogP contribution is -1.90. The second-order valence-corrected chi connectivity index (χ2v) is 5.26. The molecule has 6 heteroatoms. The van der Waals surface area contributed by atoms with Crippen LogP contribution in [0.5, 0.6) is 0 Å². The molecule has 20 heavy (non-hydrogen) atoms. The van der Waals surface area contributed by atoms with E-state index in [4.69, 9.17) is 10.3 Å². The van der Waals surface area contributed by atoms with Gasteiger partial charge in [-0.3, -0.25) is 4.98 Å². The number of hydrogen-bond donors (Lipinski definition) is 1. The lowest BCUT2D eigenvalue weighted by Gasteiger charge is -2.00. The molecule has 1 aromatic carbocycles. The van der Waals surface area contributed by atoms with Crippen molar-refractivity contribution < 1.29 is 4.52 Å². The summed E-state index contributed by atoms with van der Waals surface area (Å²) in [5, 5.41) is 4.01. The molecule has 0 aliphatic heterocycles. The molecule has 0 bridgehead atoms. The molecule has 100 valence electrons. The quantitative estimate of drug-likeness (QED) is 0.728. The summed E-state index contributed by atoms with van der Waals surface area (Å²) in [5.74, 6) is 0.925. The van der Waals surface area contributed by atoms with Crippen LogP contribution in [-0.2, 0) is 0 Å². The molecule has 0 amide bonds. The molecule has 3 aromatic rings. The number of nitrogens with zero attached hydrogens (tertiary/aromatic N) is 3. The molecule has 0 radical (unpaired) electrons. The molecule has 3 rings (SSSR count). The van der Waals surface area contributed by atoms with Crippen LogP contribution in [-0.4, -0.2) is 15.1 Å². The Balaban J connectivity index is 2.07. The monoisotopic (exact) mass is 330 g/mol. The molecular formula is C14H11BrN4O. The highest BCUT2D eigenvalue weighted by molar-refractivity contribution is 9.10. The summed E-state index contributed by atoms with van der Waals surface area (Å²) >= 11 is 3.40. The number of halogens is 1. The first-order valence-electron chi connectivity index (χ1n) is 5.95. The summed E-state index contributed by atoms with van der Waals surface area (Å²) in [7, 11) is 0. The summed E-state index contributed by atoms with van der Waals surface area (Å²) in [6, 6.07) is 7.37. The van der Waals surface area contributed by atoms with E-state index in [9.17, 15) is 0 Å². The van der Waals surface area contributed by atoms with Crippen LogP contribution >= 0.6 is 15.9 Å². The third-order valence-corrected chi connectivity index (χ3v) is 3.43. The van der Waals surface area contributed by atoms with Crippen LogP contribution in [0.15, 0.2) is 45.7 Å². The van der Waals surface area contributed by atoms with Crippen LogP contribution < -0.4 is 5.73 Å². The van der Waals surface area contributed by atoms with Gasteiger partial charge in [-0.2, -0.15) is 4.98 Å². The Kier molecular flexibility index (Phi) is 3.23. The van der Waals surface area contributed by atoms with Crippen LogP contribution in [0.2, 0.25) is 0 Å². The van der Waals surface area contributed by atoms with Gasteiger partial charge in [0.1, 0.15) is 0 Å². The Morgan fingerprint density at radius 2 is 2.05 bits per heavy atom. The van der Waals surface area contributed by atoms with E-state index in [1.165, 1.54) is 0 Å². The molecule has 5 nitrogen and oxygen atoms in total. The Morgan fingerprint density at radius 3 is 2.85 bits per heavy atom. The zero-order valence-electron chi connectivity index (χ0n) is 10.7. The molecule has 2 heterocycles. The largest absolute Gasteiger partial charge is 0.398 e. The first kappa shape index (κ1) is 12.8. The van der Waals surface area contributed by atoms with Crippen LogP contribution in [0.4, 0.5) is 5.69 Å². The van der Waals surface area contributed by atoms with E-state index in [0.29, 0.717) is 23.0 Å². The number of nitrogen functional groups attached to an aromatic ring is 1. The smallest absolute Gasteiger partial charge is 0.260 e. The van der Waals surface area contributed by atoms with E-state index in [1.807, 2.05) is 25.1 Å². The molecule has 0 aliphatic rings. The van der Waals surface area contributed by atoms with Crippen LogP contribution in [0.3, 0.4) is 0 Å². The molecular weight excluding hydrogens is 320 g/mol. The summed E-state index contributed by atoms with van der Waals surface area (Å²) in [6.07, 6.45) is 3.46. The highest BCUT2D eigenvalue weighted by atomic mass is 79.9. The fraction of sp³-hybridized carbons (Fsp3) is 0.0714. The maximum absolute atomic E-state index is 5.94. The Labute approximate surface area is 124 Å². The summed E-state index contributed by atoms with van der Waals surface area (Å²) in [4.78, 5) is 8.46. The van der Waals surface area contributed by atoms with Gasteiger partial charge in [0, 0.05) is 28.1 Å². The second kappa shape index (κ2) is 5.05. The minimum absolute atomic E-state index is 0.398. The zero-order chi connectivity index (χ0) is 14.1. The molecule has 0 atom stereocenters. The van der Waals surface area contributed by atoms with Gasteiger partial charge in [-0.1, -0.05) is 21.1 Å². The first-order valence-corrected chi connectivity index (χ1v) is 6.74. The second-order valence-electron chi connectivity index (χ2n) is 4.35. The van der Waals surface area contributed by atoms with Crippen LogP contribution in [0.1, 0.15) is 5.56 Å². The average Bonchev–Trinajstić information content (AvgIpc) is 2.91. The van der Waals surface area contributed by atoms with E-state index >= 15 is 0 Å². The minimum Gasteiger partial charge on any atom is -0.398 e. The third-order valence-electron chi connectivity index (χ3n) is 2.93. The minimum atomic E-state index is 0.398. The van der Waals surface area contributed by atoms with Gasteiger partial charge in [0.2, 0.25) is 5.82 Å². The molecule has 0 unspecified atom stereocenters. The lowest BCUT2D eigenvalue weighted by atomic mass is 10.1. The van der Waals surface area contributed by atoms with Gasteiger partial charge in [0.15, 0.2) is 0 Å². The van der Waals surface area contributed by atoms with Gasteiger partial charge in [0.25, 0.3) is 5.89 Å². The summed E-state index contributed by atoms with van der Waals surface area (Å²) in [6.45, 7) is 1.95. The van der Waals surface area contributed by atoms with Crippen molar-refractivity contribution in [1.29, 1.82) is 0 Å². The van der Waals surface area contributed by atoms with Crippen molar-refractivity contribution in [2.24, 2.45) is 0 Å².